The van der Waals surface area contributed by atoms with Gasteiger partial charge in [-0.1, -0.05) is 49.1 Å². The predicted molar refractivity (Wildman–Crippen MR) is 123 cm³/mol. The molecule has 2 aromatic carbocycles. The fraction of sp³-hybridized carbons (Fsp3) is 0.333. The number of benzene rings is 2. The van der Waals surface area contributed by atoms with Crippen molar-refractivity contribution in [1.82, 2.24) is 14.5 Å². The lowest BCUT2D eigenvalue weighted by Crippen LogP contribution is -2.16. The summed E-state index contributed by atoms with van der Waals surface area (Å²) in [5, 5.41) is 0. The third-order valence-electron chi connectivity index (χ3n) is 6.31. The van der Waals surface area contributed by atoms with Crippen molar-refractivity contribution in [3.63, 3.8) is 0 Å². The van der Waals surface area contributed by atoms with E-state index >= 15 is 0 Å². The number of aromatic nitrogens is 3. The molecule has 0 spiro atoms. The Labute approximate surface area is 182 Å². The molecule has 2 aromatic heterocycles. The molecule has 160 valence electrons. The number of anilines is 1. The average molecular weight is 435 g/mol. The number of nitrogens with zero attached hydrogens (tertiary/aromatic N) is 3. The Morgan fingerprint density at radius 2 is 1.61 bits per heavy atom. The lowest BCUT2D eigenvalue weighted by molar-refractivity contribution is 0.323. The molecule has 0 amide bonds. The Morgan fingerprint density at radius 1 is 0.968 bits per heavy atom. The first-order valence-corrected chi connectivity index (χ1v) is 12.3. The molecular weight excluding hydrogens is 408 g/mol. The van der Waals surface area contributed by atoms with Gasteiger partial charge in [-0.2, -0.15) is 0 Å². The van der Waals surface area contributed by atoms with Crippen LogP contribution < -0.4 is 5.73 Å². The van der Waals surface area contributed by atoms with Crippen molar-refractivity contribution in [1.29, 1.82) is 0 Å². The van der Waals surface area contributed by atoms with Gasteiger partial charge in [0.05, 0.1) is 15.9 Å². The topological polar surface area (TPSA) is 90.9 Å². The number of rotatable bonds is 4. The molecule has 0 bridgehead atoms. The fourth-order valence-corrected chi connectivity index (χ4v) is 6.11. The average Bonchev–Trinajstić information content (AvgIpc) is 3.04. The zero-order chi connectivity index (χ0) is 21.6. The smallest absolute Gasteiger partial charge is 0.212 e. The number of aryl methyl sites for hydroxylation is 1. The van der Waals surface area contributed by atoms with Crippen molar-refractivity contribution in [2.24, 2.45) is 5.92 Å². The van der Waals surface area contributed by atoms with E-state index in [1.807, 2.05) is 35.8 Å². The zero-order valence-electron chi connectivity index (χ0n) is 17.6. The minimum absolute atomic E-state index is 0.0698. The van der Waals surface area contributed by atoms with Gasteiger partial charge in [-0.05, 0) is 49.9 Å². The van der Waals surface area contributed by atoms with Gasteiger partial charge in [0.15, 0.2) is 5.65 Å². The Kier molecular flexibility index (Phi) is 4.93. The molecule has 0 radical (unpaired) electrons. The maximum Gasteiger partial charge on any atom is 0.212 e. The quantitative estimate of drug-likeness (QED) is 0.494. The fourth-order valence-electron chi connectivity index (χ4n) is 4.60. The number of para-hydroxylation sites is 2. The van der Waals surface area contributed by atoms with Crippen LogP contribution >= 0.6 is 0 Å². The van der Waals surface area contributed by atoms with E-state index in [1.54, 1.807) is 24.3 Å². The minimum Gasteiger partial charge on any atom is -0.384 e. The molecule has 6 nitrogen and oxygen atoms in total. The van der Waals surface area contributed by atoms with E-state index in [1.165, 1.54) is 19.3 Å². The third kappa shape index (κ3) is 3.47. The normalized spacial score (nSPS) is 15.6. The SMILES string of the molecule is Cc1ccc(S(=O)(=O)c2c(N)n(CC3CCCCC3)c3nc4ccccc4nc23)cc1. The predicted octanol–water partition coefficient (Wildman–Crippen LogP) is 4.89. The van der Waals surface area contributed by atoms with Crippen LogP contribution in [0.3, 0.4) is 0 Å². The number of nitrogen functional groups attached to an aromatic ring is 1. The first-order valence-electron chi connectivity index (χ1n) is 10.8. The van der Waals surface area contributed by atoms with Crippen LogP contribution in [0, 0.1) is 12.8 Å². The lowest BCUT2D eigenvalue weighted by atomic mass is 9.89. The zero-order valence-corrected chi connectivity index (χ0v) is 18.4. The van der Waals surface area contributed by atoms with E-state index in [-0.39, 0.29) is 15.6 Å². The Morgan fingerprint density at radius 3 is 2.29 bits per heavy atom. The van der Waals surface area contributed by atoms with Gasteiger partial charge in [-0.15, -0.1) is 0 Å². The molecule has 1 fully saturated rings. The Hall–Kier alpha value is -2.93. The van der Waals surface area contributed by atoms with Crippen LogP contribution in [0.2, 0.25) is 0 Å². The highest BCUT2D eigenvalue weighted by Gasteiger charge is 2.31. The number of sulfone groups is 1. The highest BCUT2D eigenvalue weighted by molar-refractivity contribution is 7.92. The highest BCUT2D eigenvalue weighted by atomic mass is 32.2. The van der Waals surface area contributed by atoms with Crippen LogP contribution in [0.15, 0.2) is 58.3 Å². The monoisotopic (exact) mass is 434 g/mol. The summed E-state index contributed by atoms with van der Waals surface area (Å²) in [6.07, 6.45) is 5.91. The van der Waals surface area contributed by atoms with Crippen LogP contribution in [-0.2, 0) is 16.4 Å². The molecule has 0 saturated heterocycles. The number of hydrogen-bond donors (Lipinski definition) is 1. The van der Waals surface area contributed by atoms with Gasteiger partial charge in [-0.25, -0.2) is 18.4 Å². The highest BCUT2D eigenvalue weighted by Crippen LogP contribution is 2.37. The van der Waals surface area contributed by atoms with Crippen molar-refractivity contribution in [3.8, 4) is 0 Å². The van der Waals surface area contributed by atoms with Gasteiger partial charge in [0.2, 0.25) is 9.84 Å². The van der Waals surface area contributed by atoms with E-state index < -0.39 is 9.84 Å². The first-order chi connectivity index (χ1) is 14.9. The summed E-state index contributed by atoms with van der Waals surface area (Å²) in [4.78, 5) is 9.81. The Bertz CT molecular complexity index is 1370. The molecular formula is C24H26N4O2S. The summed E-state index contributed by atoms with van der Waals surface area (Å²) in [7, 11) is -3.85. The van der Waals surface area contributed by atoms with E-state index in [9.17, 15) is 8.42 Å². The standard InChI is InChI=1S/C24H26N4O2S/c1-16-11-13-18(14-12-16)31(29,30)22-21-24(27-20-10-6-5-9-19(20)26-21)28(23(22)25)15-17-7-3-2-4-8-17/h5-6,9-14,17H,2-4,7-8,15,25H2,1H3. The summed E-state index contributed by atoms with van der Waals surface area (Å²) < 4.78 is 29.2. The van der Waals surface area contributed by atoms with Gasteiger partial charge in [-0.3, -0.25) is 0 Å². The maximum absolute atomic E-state index is 13.7. The van der Waals surface area contributed by atoms with Gasteiger partial charge < -0.3 is 10.3 Å². The van der Waals surface area contributed by atoms with Gasteiger partial charge in [0, 0.05) is 6.54 Å². The third-order valence-corrected chi connectivity index (χ3v) is 8.14. The largest absolute Gasteiger partial charge is 0.384 e. The first kappa shape index (κ1) is 20.0. The second kappa shape index (κ2) is 7.64. The summed E-state index contributed by atoms with van der Waals surface area (Å²) in [6, 6.07) is 14.4. The molecule has 0 atom stereocenters. The number of hydrogen-bond acceptors (Lipinski definition) is 5. The van der Waals surface area contributed by atoms with Crippen LogP contribution in [0.1, 0.15) is 37.7 Å². The van der Waals surface area contributed by atoms with Crippen LogP contribution in [0.25, 0.3) is 22.2 Å². The van der Waals surface area contributed by atoms with Crippen molar-refractivity contribution >= 4 is 37.9 Å². The molecule has 1 saturated carbocycles. The Balaban J connectivity index is 1.76. The molecule has 2 heterocycles. The molecule has 5 rings (SSSR count). The van der Waals surface area contributed by atoms with Gasteiger partial charge in [0.25, 0.3) is 0 Å². The molecule has 4 aromatic rings. The van der Waals surface area contributed by atoms with Crippen LogP contribution in [0.5, 0.6) is 0 Å². The van der Waals surface area contributed by atoms with Crippen LogP contribution in [0.4, 0.5) is 5.82 Å². The number of fused-ring (bicyclic) bond motifs is 2. The molecule has 31 heavy (non-hydrogen) atoms. The van der Waals surface area contributed by atoms with Gasteiger partial charge in [0.1, 0.15) is 16.2 Å². The summed E-state index contributed by atoms with van der Waals surface area (Å²) >= 11 is 0. The number of nitrogens with two attached hydrogens (primary N) is 1. The second-order valence-electron chi connectivity index (χ2n) is 8.53. The summed E-state index contributed by atoms with van der Waals surface area (Å²) in [5.41, 5.74) is 9.84. The maximum atomic E-state index is 13.7. The van der Waals surface area contributed by atoms with E-state index in [0.717, 1.165) is 23.9 Å². The molecule has 0 unspecified atom stereocenters. The molecule has 1 aliphatic carbocycles. The molecule has 0 aliphatic heterocycles. The van der Waals surface area contributed by atoms with Crippen molar-refractivity contribution in [3.05, 3.63) is 54.1 Å². The van der Waals surface area contributed by atoms with E-state index in [2.05, 4.69) is 0 Å². The minimum atomic E-state index is -3.85. The van der Waals surface area contributed by atoms with E-state index in [4.69, 9.17) is 15.7 Å². The van der Waals surface area contributed by atoms with Crippen molar-refractivity contribution in [2.45, 2.75) is 55.4 Å². The van der Waals surface area contributed by atoms with Crippen molar-refractivity contribution < 1.29 is 8.42 Å². The van der Waals surface area contributed by atoms with Crippen molar-refractivity contribution in [2.75, 3.05) is 5.73 Å². The summed E-state index contributed by atoms with van der Waals surface area (Å²) in [6.45, 7) is 2.59. The molecule has 1 aliphatic rings. The molecule has 2 N–H and O–H groups in total. The van der Waals surface area contributed by atoms with Gasteiger partial charge >= 0.3 is 0 Å². The summed E-state index contributed by atoms with van der Waals surface area (Å²) in [5.74, 6) is 0.700. The molecule has 7 heteroatoms. The second-order valence-corrected chi connectivity index (χ2v) is 10.4. The van der Waals surface area contributed by atoms with E-state index in [0.29, 0.717) is 29.1 Å². The van der Waals surface area contributed by atoms with Crippen LogP contribution in [-0.4, -0.2) is 23.0 Å². The lowest BCUT2D eigenvalue weighted by Gasteiger charge is -2.22.